The molecule has 0 bridgehead atoms. The molecule has 3 nitrogen and oxygen atoms in total. The van der Waals surface area contributed by atoms with Gasteiger partial charge in [-0.1, -0.05) is 11.6 Å². The van der Waals surface area contributed by atoms with E-state index in [1.165, 1.54) is 11.3 Å². The Morgan fingerprint density at radius 2 is 2.16 bits per heavy atom. The lowest BCUT2D eigenvalue weighted by molar-refractivity contribution is 0.0954. The summed E-state index contributed by atoms with van der Waals surface area (Å²) in [5.74, 6) is -0.0990. The van der Waals surface area contributed by atoms with E-state index < -0.39 is 0 Å². The maximum absolute atomic E-state index is 12.0. The van der Waals surface area contributed by atoms with Crippen molar-refractivity contribution >= 4 is 34.5 Å². The van der Waals surface area contributed by atoms with Gasteiger partial charge in [-0.2, -0.15) is 0 Å². The molecule has 0 aliphatic rings. The molecule has 1 aromatic heterocycles. The van der Waals surface area contributed by atoms with E-state index in [-0.39, 0.29) is 5.91 Å². The van der Waals surface area contributed by atoms with Crippen LogP contribution in [-0.2, 0) is 6.42 Å². The lowest BCUT2D eigenvalue weighted by Gasteiger charge is -2.06. The first-order valence-corrected chi connectivity index (χ1v) is 7.13. The smallest absolute Gasteiger partial charge is 0.251 e. The highest BCUT2D eigenvalue weighted by Gasteiger charge is 2.06. The van der Waals surface area contributed by atoms with Crippen LogP contribution in [0.25, 0.3) is 0 Å². The molecule has 3 N–H and O–H groups in total. The first kappa shape index (κ1) is 13.9. The molecule has 0 radical (unpaired) electrons. The van der Waals surface area contributed by atoms with E-state index in [4.69, 9.17) is 17.3 Å². The van der Waals surface area contributed by atoms with Gasteiger partial charge in [-0.25, -0.2) is 0 Å². The molecule has 0 spiro atoms. The fraction of sp³-hybridized carbons (Fsp3) is 0.214. The zero-order chi connectivity index (χ0) is 13.8. The molecule has 5 heteroatoms. The third-order valence-corrected chi connectivity index (χ3v) is 3.94. The Morgan fingerprint density at radius 3 is 2.79 bits per heavy atom. The highest BCUT2D eigenvalue weighted by molar-refractivity contribution is 7.16. The SMILES string of the molecule is Cc1cc(N)cc(C(=O)NCCc2ccc(Cl)s2)c1. The molecule has 19 heavy (non-hydrogen) atoms. The summed E-state index contributed by atoms with van der Waals surface area (Å²) in [5.41, 5.74) is 7.91. The Hall–Kier alpha value is -1.52. The minimum atomic E-state index is -0.0990. The van der Waals surface area contributed by atoms with Crippen molar-refractivity contribution in [2.45, 2.75) is 13.3 Å². The number of rotatable bonds is 4. The number of amides is 1. The van der Waals surface area contributed by atoms with Crippen LogP contribution >= 0.6 is 22.9 Å². The molecule has 2 aromatic rings. The Bertz CT molecular complexity index is 575. The van der Waals surface area contributed by atoms with Crippen molar-refractivity contribution in [3.63, 3.8) is 0 Å². The number of hydrogen-bond donors (Lipinski definition) is 2. The molecule has 1 amide bonds. The van der Waals surface area contributed by atoms with Crippen molar-refractivity contribution in [2.24, 2.45) is 0 Å². The van der Waals surface area contributed by atoms with Gasteiger partial charge >= 0.3 is 0 Å². The number of carbonyl (C=O) groups is 1. The maximum atomic E-state index is 12.0. The van der Waals surface area contributed by atoms with Crippen LogP contribution in [0.3, 0.4) is 0 Å². The van der Waals surface area contributed by atoms with Gasteiger partial charge in [-0.3, -0.25) is 4.79 Å². The van der Waals surface area contributed by atoms with Crippen LogP contribution in [0, 0.1) is 6.92 Å². The first-order valence-electron chi connectivity index (χ1n) is 5.94. The molecule has 1 aromatic carbocycles. The summed E-state index contributed by atoms with van der Waals surface area (Å²) in [6.07, 6.45) is 0.782. The van der Waals surface area contributed by atoms with Gasteiger partial charge in [-0.15, -0.1) is 11.3 Å². The van der Waals surface area contributed by atoms with Gasteiger partial charge in [0.1, 0.15) is 0 Å². The number of halogens is 1. The van der Waals surface area contributed by atoms with Gasteiger partial charge < -0.3 is 11.1 Å². The summed E-state index contributed by atoms with van der Waals surface area (Å²) in [6, 6.07) is 9.19. The summed E-state index contributed by atoms with van der Waals surface area (Å²) in [5, 5.41) is 2.88. The third kappa shape index (κ3) is 3.98. The van der Waals surface area contributed by atoms with Gasteiger partial charge in [0, 0.05) is 22.7 Å². The monoisotopic (exact) mass is 294 g/mol. The zero-order valence-electron chi connectivity index (χ0n) is 10.6. The Morgan fingerprint density at radius 1 is 1.37 bits per heavy atom. The summed E-state index contributed by atoms with van der Waals surface area (Å²) in [7, 11) is 0. The lowest BCUT2D eigenvalue weighted by Crippen LogP contribution is -2.25. The molecule has 0 atom stereocenters. The second kappa shape index (κ2) is 6.08. The summed E-state index contributed by atoms with van der Waals surface area (Å²) in [6.45, 7) is 2.50. The molecular formula is C14H15ClN2OS. The molecule has 0 unspecified atom stereocenters. The molecule has 100 valence electrons. The predicted octanol–water partition coefficient (Wildman–Crippen LogP) is 3.26. The largest absolute Gasteiger partial charge is 0.399 e. The van der Waals surface area contributed by atoms with Crippen LogP contribution in [0.1, 0.15) is 20.8 Å². The van der Waals surface area contributed by atoms with Crippen LogP contribution in [-0.4, -0.2) is 12.5 Å². The van der Waals surface area contributed by atoms with Crippen LogP contribution in [0.5, 0.6) is 0 Å². The molecule has 0 aliphatic carbocycles. The second-order valence-electron chi connectivity index (χ2n) is 4.34. The number of aryl methyl sites for hydroxylation is 1. The average Bonchev–Trinajstić information content (AvgIpc) is 2.73. The number of hydrogen-bond acceptors (Lipinski definition) is 3. The average molecular weight is 295 g/mol. The molecule has 0 saturated carbocycles. The predicted molar refractivity (Wildman–Crippen MR) is 81.0 cm³/mol. The first-order chi connectivity index (χ1) is 9.04. The molecule has 1 heterocycles. The number of nitrogen functional groups attached to an aromatic ring is 1. The highest BCUT2D eigenvalue weighted by Crippen LogP contribution is 2.21. The van der Waals surface area contributed by atoms with E-state index in [1.807, 2.05) is 31.2 Å². The highest BCUT2D eigenvalue weighted by atomic mass is 35.5. The Balaban J connectivity index is 1.90. The zero-order valence-corrected chi connectivity index (χ0v) is 12.1. The third-order valence-electron chi connectivity index (χ3n) is 2.65. The van der Waals surface area contributed by atoms with Crippen LogP contribution in [0.15, 0.2) is 30.3 Å². The number of thiophene rings is 1. The molecule has 0 aliphatic heterocycles. The Kier molecular flexibility index (Phi) is 4.45. The normalized spacial score (nSPS) is 10.4. The van der Waals surface area contributed by atoms with Gasteiger partial charge in [0.25, 0.3) is 5.91 Å². The number of carbonyl (C=O) groups excluding carboxylic acids is 1. The second-order valence-corrected chi connectivity index (χ2v) is 6.14. The molecule has 0 saturated heterocycles. The minimum absolute atomic E-state index is 0.0990. The van der Waals surface area contributed by atoms with Crippen molar-refractivity contribution in [3.05, 3.63) is 50.7 Å². The minimum Gasteiger partial charge on any atom is -0.399 e. The van der Waals surface area contributed by atoms with E-state index in [1.54, 1.807) is 6.07 Å². The van der Waals surface area contributed by atoms with Gasteiger partial charge in [-0.05, 0) is 49.2 Å². The van der Waals surface area contributed by atoms with Crippen molar-refractivity contribution in [2.75, 3.05) is 12.3 Å². The molecule has 2 rings (SSSR count). The number of nitrogens with two attached hydrogens (primary N) is 1. The number of benzene rings is 1. The Labute approximate surface area is 121 Å². The van der Waals surface area contributed by atoms with E-state index in [9.17, 15) is 4.79 Å². The van der Waals surface area contributed by atoms with Crippen LogP contribution in [0.2, 0.25) is 4.34 Å². The fourth-order valence-corrected chi connectivity index (χ4v) is 2.92. The summed E-state index contributed by atoms with van der Waals surface area (Å²) >= 11 is 7.38. The van der Waals surface area contributed by atoms with Gasteiger partial charge in [0.15, 0.2) is 0 Å². The quantitative estimate of drug-likeness (QED) is 0.850. The van der Waals surface area contributed by atoms with Gasteiger partial charge in [0.05, 0.1) is 4.34 Å². The van der Waals surface area contributed by atoms with Crippen molar-refractivity contribution < 1.29 is 4.79 Å². The van der Waals surface area contributed by atoms with E-state index in [2.05, 4.69) is 5.32 Å². The molecule has 0 fully saturated rings. The van der Waals surface area contributed by atoms with Crippen molar-refractivity contribution in [1.82, 2.24) is 5.32 Å². The fourth-order valence-electron chi connectivity index (χ4n) is 1.83. The topological polar surface area (TPSA) is 55.1 Å². The van der Waals surface area contributed by atoms with Crippen LogP contribution in [0.4, 0.5) is 5.69 Å². The lowest BCUT2D eigenvalue weighted by atomic mass is 10.1. The van der Waals surface area contributed by atoms with Gasteiger partial charge in [0.2, 0.25) is 0 Å². The number of anilines is 1. The summed E-state index contributed by atoms with van der Waals surface area (Å²) < 4.78 is 0.771. The van der Waals surface area contributed by atoms with Crippen molar-refractivity contribution in [1.29, 1.82) is 0 Å². The molecular weight excluding hydrogens is 280 g/mol. The number of nitrogens with one attached hydrogen (secondary N) is 1. The summed E-state index contributed by atoms with van der Waals surface area (Å²) in [4.78, 5) is 13.1. The van der Waals surface area contributed by atoms with Crippen LogP contribution < -0.4 is 11.1 Å². The van der Waals surface area contributed by atoms with E-state index in [0.717, 1.165) is 21.2 Å². The van der Waals surface area contributed by atoms with E-state index >= 15 is 0 Å². The van der Waals surface area contributed by atoms with Crippen molar-refractivity contribution in [3.8, 4) is 0 Å². The standard InChI is InChI=1S/C14H15ClN2OS/c1-9-6-10(8-11(16)7-9)14(18)17-5-4-12-2-3-13(15)19-12/h2-3,6-8H,4-5,16H2,1H3,(H,17,18). The maximum Gasteiger partial charge on any atom is 0.251 e. The van der Waals surface area contributed by atoms with E-state index in [0.29, 0.717) is 17.8 Å².